The Bertz CT molecular complexity index is 767. The normalized spacial score (nSPS) is 13.2. The lowest BCUT2D eigenvalue weighted by atomic mass is 10.1. The Hall–Kier alpha value is -2.84. The van der Waals surface area contributed by atoms with Crippen LogP contribution in [0.2, 0.25) is 0 Å². The van der Waals surface area contributed by atoms with E-state index in [-0.39, 0.29) is 24.6 Å². The molecule has 1 aromatic carbocycles. The predicted octanol–water partition coefficient (Wildman–Crippen LogP) is 2.68. The van der Waals surface area contributed by atoms with Gasteiger partial charge in [0.25, 0.3) is 0 Å². The molecule has 1 aromatic heterocycles. The second-order valence-corrected chi connectivity index (χ2v) is 5.43. The van der Waals surface area contributed by atoms with Gasteiger partial charge in [0.2, 0.25) is 5.82 Å². The maximum absolute atomic E-state index is 14.5. The molecule has 0 fully saturated rings. The average molecular weight is 352 g/mol. The fraction of sp³-hybridized carbons (Fsp3) is 0.375. The summed E-state index contributed by atoms with van der Waals surface area (Å²) in [6.45, 7) is 2.91. The van der Waals surface area contributed by atoms with Crippen molar-refractivity contribution in [3.63, 3.8) is 0 Å². The lowest BCUT2D eigenvalue weighted by Gasteiger charge is -2.32. The number of ether oxygens (including phenoxy) is 2. The Morgan fingerprint density at radius 2 is 2.28 bits per heavy atom. The molecule has 1 aliphatic rings. The minimum atomic E-state index is -1.14. The Labute approximate surface area is 143 Å². The number of fused-ring (bicyclic) bond motifs is 1. The van der Waals surface area contributed by atoms with E-state index in [1.165, 1.54) is 13.2 Å². The number of methoxy groups -OCH3 is 1. The molecule has 0 saturated heterocycles. The molecule has 1 N–H and O–H groups in total. The summed E-state index contributed by atoms with van der Waals surface area (Å²) in [7, 11) is 1.19. The molecule has 3 rings (SSSR count). The Morgan fingerprint density at radius 3 is 2.92 bits per heavy atom. The summed E-state index contributed by atoms with van der Waals surface area (Å²) in [6.07, 6.45) is 2.43. The highest BCUT2D eigenvalue weighted by Gasteiger charge is 2.30. The van der Waals surface area contributed by atoms with E-state index in [9.17, 15) is 13.6 Å². The standard InChI is InChI=1S/C16H18F2N4O3/c1-3-22(16(23)24-2)11-6-12-15(14(18)13(11)17)25-5-4-21(12)8-10-7-19-9-20-10/h6-7,9H,3-5,8H2,1-2H3,(H,19,20). The fourth-order valence-corrected chi connectivity index (χ4v) is 2.78. The quantitative estimate of drug-likeness (QED) is 0.916. The van der Waals surface area contributed by atoms with Gasteiger partial charge in [-0.1, -0.05) is 0 Å². The molecule has 0 atom stereocenters. The highest BCUT2D eigenvalue weighted by Crippen LogP contribution is 2.41. The van der Waals surface area contributed by atoms with E-state index in [4.69, 9.17) is 4.74 Å². The lowest BCUT2D eigenvalue weighted by Crippen LogP contribution is -2.35. The van der Waals surface area contributed by atoms with Crippen LogP contribution in [0.4, 0.5) is 25.0 Å². The van der Waals surface area contributed by atoms with E-state index in [1.54, 1.807) is 19.4 Å². The number of halogens is 2. The van der Waals surface area contributed by atoms with Gasteiger partial charge in [0.15, 0.2) is 11.6 Å². The first-order valence-corrected chi connectivity index (χ1v) is 7.79. The molecule has 2 heterocycles. The number of hydrogen-bond donors (Lipinski definition) is 1. The first-order valence-electron chi connectivity index (χ1n) is 7.79. The van der Waals surface area contributed by atoms with Crippen molar-refractivity contribution in [1.29, 1.82) is 0 Å². The number of anilines is 2. The maximum Gasteiger partial charge on any atom is 0.414 e. The van der Waals surface area contributed by atoms with Crippen LogP contribution < -0.4 is 14.5 Å². The first-order chi connectivity index (χ1) is 12.1. The molecular weight excluding hydrogens is 334 g/mol. The largest absolute Gasteiger partial charge is 0.486 e. The van der Waals surface area contributed by atoms with Gasteiger partial charge in [0, 0.05) is 12.7 Å². The van der Waals surface area contributed by atoms with Crippen molar-refractivity contribution in [1.82, 2.24) is 9.97 Å². The summed E-state index contributed by atoms with van der Waals surface area (Å²) in [4.78, 5) is 21.7. The summed E-state index contributed by atoms with van der Waals surface area (Å²) in [5.74, 6) is -2.42. The van der Waals surface area contributed by atoms with Gasteiger partial charge in [-0.05, 0) is 13.0 Å². The second kappa shape index (κ2) is 6.96. The summed E-state index contributed by atoms with van der Waals surface area (Å²) in [6, 6.07) is 1.41. The van der Waals surface area contributed by atoms with Crippen LogP contribution in [0.15, 0.2) is 18.6 Å². The molecule has 0 radical (unpaired) electrons. The SMILES string of the molecule is CCN(C(=O)OC)c1cc2c(c(F)c1F)OCCN2Cc1cnc[nH]1. The monoisotopic (exact) mass is 352 g/mol. The molecule has 0 unspecified atom stereocenters. The lowest BCUT2D eigenvalue weighted by molar-refractivity contribution is 0.178. The number of aromatic amines is 1. The number of imidazole rings is 1. The van der Waals surface area contributed by atoms with Gasteiger partial charge in [-0.15, -0.1) is 0 Å². The van der Waals surface area contributed by atoms with Crippen LogP contribution in [0.25, 0.3) is 0 Å². The first kappa shape index (κ1) is 17.0. The van der Waals surface area contributed by atoms with Gasteiger partial charge in [-0.25, -0.2) is 14.2 Å². The number of nitrogens with zero attached hydrogens (tertiary/aromatic N) is 3. The van der Waals surface area contributed by atoms with Crippen LogP contribution in [0.3, 0.4) is 0 Å². The van der Waals surface area contributed by atoms with Gasteiger partial charge in [0.1, 0.15) is 6.61 Å². The van der Waals surface area contributed by atoms with Gasteiger partial charge in [0.05, 0.1) is 43.6 Å². The molecule has 9 heteroatoms. The highest BCUT2D eigenvalue weighted by atomic mass is 19.2. The predicted molar refractivity (Wildman–Crippen MR) is 86.9 cm³/mol. The Kier molecular flexibility index (Phi) is 4.73. The van der Waals surface area contributed by atoms with E-state index in [2.05, 4.69) is 14.7 Å². The third-order valence-corrected chi connectivity index (χ3v) is 3.99. The third kappa shape index (κ3) is 3.09. The summed E-state index contributed by atoms with van der Waals surface area (Å²) < 4.78 is 39.0. The number of nitrogens with one attached hydrogen (secondary N) is 1. The summed E-state index contributed by atoms with van der Waals surface area (Å²) in [5.41, 5.74) is 1.00. The van der Waals surface area contributed by atoms with E-state index in [1.807, 2.05) is 4.90 Å². The number of rotatable bonds is 4. The molecule has 134 valence electrons. The number of hydrogen-bond acceptors (Lipinski definition) is 5. The van der Waals surface area contributed by atoms with Crippen molar-refractivity contribution in [3.05, 3.63) is 35.9 Å². The smallest absolute Gasteiger partial charge is 0.414 e. The van der Waals surface area contributed by atoms with Crippen molar-refractivity contribution in [2.45, 2.75) is 13.5 Å². The molecule has 0 bridgehead atoms. The zero-order valence-corrected chi connectivity index (χ0v) is 13.9. The van der Waals surface area contributed by atoms with Crippen LogP contribution >= 0.6 is 0 Å². The zero-order valence-electron chi connectivity index (χ0n) is 13.9. The number of benzene rings is 1. The van der Waals surface area contributed by atoms with Crippen molar-refractivity contribution >= 4 is 17.5 Å². The maximum atomic E-state index is 14.5. The molecule has 2 aromatic rings. The molecule has 0 aliphatic carbocycles. The number of carbonyl (C=O) groups is 1. The number of carbonyl (C=O) groups excluding carboxylic acids is 1. The van der Waals surface area contributed by atoms with Gasteiger partial charge in [-0.3, -0.25) is 4.90 Å². The number of H-pyrrole nitrogens is 1. The van der Waals surface area contributed by atoms with Crippen LogP contribution in [0, 0.1) is 11.6 Å². The van der Waals surface area contributed by atoms with E-state index >= 15 is 0 Å². The van der Waals surface area contributed by atoms with Gasteiger partial charge >= 0.3 is 6.09 Å². The second-order valence-electron chi connectivity index (χ2n) is 5.43. The summed E-state index contributed by atoms with van der Waals surface area (Å²) in [5, 5.41) is 0. The van der Waals surface area contributed by atoms with Crippen molar-refractivity contribution < 1.29 is 23.0 Å². The van der Waals surface area contributed by atoms with Crippen LogP contribution in [-0.4, -0.2) is 42.9 Å². The highest BCUT2D eigenvalue weighted by molar-refractivity contribution is 5.89. The number of amides is 1. The Morgan fingerprint density at radius 1 is 1.48 bits per heavy atom. The molecule has 25 heavy (non-hydrogen) atoms. The molecule has 1 amide bonds. The minimum Gasteiger partial charge on any atom is -0.486 e. The summed E-state index contributed by atoms with van der Waals surface area (Å²) >= 11 is 0. The average Bonchev–Trinajstić information content (AvgIpc) is 3.13. The fourth-order valence-electron chi connectivity index (χ4n) is 2.78. The zero-order chi connectivity index (χ0) is 18.0. The third-order valence-electron chi connectivity index (χ3n) is 3.99. The van der Waals surface area contributed by atoms with Crippen molar-refractivity contribution in [3.8, 4) is 5.75 Å². The van der Waals surface area contributed by atoms with Crippen molar-refractivity contribution in [2.75, 3.05) is 36.6 Å². The molecule has 0 spiro atoms. The number of aromatic nitrogens is 2. The Balaban J connectivity index is 2.05. The van der Waals surface area contributed by atoms with Crippen molar-refractivity contribution in [2.24, 2.45) is 0 Å². The molecular formula is C16H18F2N4O3. The van der Waals surface area contributed by atoms with Crippen LogP contribution in [-0.2, 0) is 11.3 Å². The molecule has 7 nitrogen and oxygen atoms in total. The van der Waals surface area contributed by atoms with Crippen LogP contribution in [0.1, 0.15) is 12.6 Å². The van der Waals surface area contributed by atoms with Gasteiger partial charge in [-0.2, -0.15) is 4.39 Å². The molecule has 1 aliphatic heterocycles. The minimum absolute atomic E-state index is 0.128. The van der Waals surface area contributed by atoms with Gasteiger partial charge < -0.3 is 19.4 Å². The van der Waals surface area contributed by atoms with E-state index in [0.717, 1.165) is 10.6 Å². The van der Waals surface area contributed by atoms with E-state index in [0.29, 0.717) is 18.8 Å². The topological polar surface area (TPSA) is 70.7 Å². The van der Waals surface area contributed by atoms with Crippen LogP contribution in [0.5, 0.6) is 5.75 Å². The van der Waals surface area contributed by atoms with E-state index < -0.39 is 17.7 Å². The molecule has 0 saturated carbocycles.